The molecule has 0 radical (unpaired) electrons. The first kappa shape index (κ1) is 8.93. The number of hydroxylamine groups is 4. The Labute approximate surface area is 67.6 Å². The van der Waals surface area contributed by atoms with Crippen molar-refractivity contribution in [3.05, 3.63) is 0 Å². The minimum Gasteiger partial charge on any atom is -0.362 e. The van der Waals surface area contributed by atoms with Crippen LogP contribution in [0.15, 0.2) is 0 Å². The maximum atomic E-state index is 5.32. The van der Waals surface area contributed by atoms with Gasteiger partial charge < -0.3 is 4.74 Å². The van der Waals surface area contributed by atoms with E-state index in [2.05, 4.69) is 13.8 Å². The molecular weight excluding hydrogens is 144 g/mol. The van der Waals surface area contributed by atoms with Crippen LogP contribution in [0, 0.1) is 0 Å². The van der Waals surface area contributed by atoms with Crippen molar-refractivity contribution >= 4 is 0 Å². The molecule has 0 N–H and O–H groups in total. The van der Waals surface area contributed by atoms with Crippen molar-refractivity contribution in [1.29, 1.82) is 0 Å². The third kappa shape index (κ3) is 1.27. The smallest absolute Gasteiger partial charge is 0.154 e. The Morgan fingerprint density at radius 1 is 1.36 bits per heavy atom. The van der Waals surface area contributed by atoms with Gasteiger partial charge in [0.05, 0.1) is 5.54 Å². The summed E-state index contributed by atoms with van der Waals surface area (Å²) >= 11 is 0. The molecule has 0 spiro atoms. The molecule has 1 unspecified atom stereocenters. The molecule has 1 aliphatic heterocycles. The lowest BCUT2D eigenvalue weighted by Crippen LogP contribution is -2.45. The van der Waals surface area contributed by atoms with Crippen molar-refractivity contribution in [1.82, 2.24) is 10.1 Å². The zero-order chi connectivity index (χ0) is 8.65. The first-order valence-corrected chi connectivity index (χ1v) is 3.67. The average Bonchev–Trinajstić information content (AvgIpc) is 2.04. The van der Waals surface area contributed by atoms with Gasteiger partial charge in [-0.05, 0) is 13.8 Å². The summed E-state index contributed by atoms with van der Waals surface area (Å²) in [6.45, 7) is 4.15. The van der Waals surface area contributed by atoms with E-state index >= 15 is 0 Å². The zero-order valence-electron chi connectivity index (χ0n) is 7.79. The molecule has 1 atom stereocenters. The molecule has 1 rings (SSSR count). The highest BCUT2D eigenvalue weighted by atomic mass is 16.9. The number of methoxy groups -OCH3 is 1. The van der Waals surface area contributed by atoms with Crippen LogP contribution in [-0.4, -0.2) is 43.1 Å². The van der Waals surface area contributed by atoms with Crippen LogP contribution >= 0.6 is 0 Å². The molecular formula is C7H16N2O2. The third-order valence-electron chi connectivity index (χ3n) is 2.22. The quantitative estimate of drug-likeness (QED) is 0.556. The number of ether oxygens (including phenoxy) is 1. The summed E-state index contributed by atoms with van der Waals surface area (Å²) in [6, 6.07) is 0. The van der Waals surface area contributed by atoms with Crippen molar-refractivity contribution < 1.29 is 9.68 Å². The number of hydrogen-bond acceptors (Lipinski definition) is 4. The highest BCUT2D eigenvalue weighted by molar-refractivity contribution is 4.85. The molecule has 66 valence electrons. The Morgan fingerprint density at radius 2 is 1.91 bits per heavy atom. The summed E-state index contributed by atoms with van der Waals surface area (Å²) in [5.74, 6) is 0. The summed E-state index contributed by atoms with van der Waals surface area (Å²) in [5, 5.41) is 3.50. The van der Waals surface area contributed by atoms with Crippen molar-refractivity contribution in [2.45, 2.75) is 25.6 Å². The molecule has 0 bridgehead atoms. The van der Waals surface area contributed by atoms with E-state index in [0.717, 1.165) is 0 Å². The summed E-state index contributed by atoms with van der Waals surface area (Å²) in [5.41, 5.74) is -0.0938. The van der Waals surface area contributed by atoms with E-state index < -0.39 is 0 Å². The molecule has 1 heterocycles. The van der Waals surface area contributed by atoms with Crippen LogP contribution in [0.4, 0.5) is 0 Å². The molecule has 0 aliphatic carbocycles. The lowest BCUT2D eigenvalue weighted by molar-refractivity contribution is -0.277. The van der Waals surface area contributed by atoms with Gasteiger partial charge in [-0.2, -0.15) is 5.06 Å². The largest absolute Gasteiger partial charge is 0.362 e. The van der Waals surface area contributed by atoms with E-state index in [0.29, 0.717) is 0 Å². The van der Waals surface area contributed by atoms with Crippen LogP contribution in [0.3, 0.4) is 0 Å². The second-order valence-electron chi connectivity index (χ2n) is 3.37. The molecule has 4 heteroatoms. The van der Waals surface area contributed by atoms with Crippen molar-refractivity contribution in [2.24, 2.45) is 0 Å². The maximum Gasteiger partial charge on any atom is 0.154 e. The minimum atomic E-state index is -0.0938. The van der Waals surface area contributed by atoms with Gasteiger partial charge >= 0.3 is 0 Å². The average molecular weight is 160 g/mol. The van der Waals surface area contributed by atoms with Gasteiger partial charge in [0.2, 0.25) is 0 Å². The first-order valence-electron chi connectivity index (χ1n) is 3.67. The van der Waals surface area contributed by atoms with Gasteiger partial charge in [0.15, 0.2) is 6.23 Å². The van der Waals surface area contributed by atoms with Gasteiger partial charge in [0.1, 0.15) is 0 Å². The second-order valence-corrected chi connectivity index (χ2v) is 3.37. The number of rotatable bonds is 1. The molecule has 1 aliphatic rings. The summed E-state index contributed by atoms with van der Waals surface area (Å²) in [6.07, 6.45) is -0.00694. The van der Waals surface area contributed by atoms with Gasteiger partial charge in [-0.1, -0.05) is 0 Å². The summed E-state index contributed by atoms with van der Waals surface area (Å²) in [7, 11) is 5.44. The van der Waals surface area contributed by atoms with Crippen LogP contribution in [0.2, 0.25) is 0 Å². The first-order chi connectivity index (χ1) is 5.00. The minimum absolute atomic E-state index is 0.00694. The molecule has 0 amide bonds. The Balaban J connectivity index is 2.76. The molecule has 0 aromatic rings. The van der Waals surface area contributed by atoms with Crippen LogP contribution < -0.4 is 0 Å². The Hall–Kier alpha value is -0.160. The maximum absolute atomic E-state index is 5.32. The van der Waals surface area contributed by atoms with E-state index in [1.54, 1.807) is 17.2 Å². The van der Waals surface area contributed by atoms with Crippen LogP contribution in [-0.2, 0) is 9.68 Å². The van der Waals surface area contributed by atoms with Crippen molar-refractivity contribution in [3.8, 4) is 0 Å². The summed E-state index contributed by atoms with van der Waals surface area (Å²) < 4.78 is 5.27. The molecule has 0 saturated carbocycles. The van der Waals surface area contributed by atoms with E-state index in [1.165, 1.54) is 0 Å². The monoisotopic (exact) mass is 160 g/mol. The standard InChI is InChI=1S/C7H16N2O2/c1-7(2)6(10-5)8(3)11-9(7)4/h6H,1-5H3. The SMILES string of the molecule is COC1N(C)ON(C)C1(C)C. The zero-order valence-corrected chi connectivity index (χ0v) is 7.79. The highest BCUT2D eigenvalue weighted by Crippen LogP contribution is 2.29. The van der Waals surface area contributed by atoms with E-state index in [9.17, 15) is 0 Å². The van der Waals surface area contributed by atoms with Gasteiger partial charge in [-0.3, -0.25) is 0 Å². The highest BCUT2D eigenvalue weighted by Gasteiger charge is 2.45. The normalized spacial score (nSPS) is 33.0. The van der Waals surface area contributed by atoms with Crippen molar-refractivity contribution in [2.75, 3.05) is 21.2 Å². The van der Waals surface area contributed by atoms with Crippen LogP contribution in [0.1, 0.15) is 13.8 Å². The molecule has 1 fully saturated rings. The predicted molar refractivity (Wildman–Crippen MR) is 41.5 cm³/mol. The molecule has 11 heavy (non-hydrogen) atoms. The number of hydrogen-bond donors (Lipinski definition) is 0. The molecule has 1 saturated heterocycles. The van der Waals surface area contributed by atoms with E-state index in [-0.39, 0.29) is 11.8 Å². The van der Waals surface area contributed by atoms with Gasteiger partial charge in [0, 0.05) is 21.2 Å². The lowest BCUT2D eigenvalue weighted by Gasteiger charge is -2.28. The lowest BCUT2D eigenvalue weighted by atomic mass is 10.0. The Bertz CT molecular complexity index is 149. The topological polar surface area (TPSA) is 24.9 Å². The number of nitrogens with zero attached hydrogens (tertiary/aromatic N) is 2. The van der Waals surface area contributed by atoms with Crippen LogP contribution in [0.5, 0.6) is 0 Å². The van der Waals surface area contributed by atoms with E-state index in [4.69, 9.17) is 9.68 Å². The molecule has 0 aromatic carbocycles. The predicted octanol–water partition coefficient (Wildman–Crippen LogP) is 0.461. The Kier molecular flexibility index (Phi) is 2.20. The van der Waals surface area contributed by atoms with Gasteiger partial charge in [0.25, 0.3) is 0 Å². The summed E-state index contributed by atoms with van der Waals surface area (Å²) in [4.78, 5) is 5.32. The van der Waals surface area contributed by atoms with E-state index in [1.807, 2.05) is 14.1 Å². The fourth-order valence-corrected chi connectivity index (χ4v) is 1.38. The third-order valence-corrected chi connectivity index (χ3v) is 2.22. The molecule has 4 nitrogen and oxygen atoms in total. The Morgan fingerprint density at radius 3 is 2.09 bits per heavy atom. The van der Waals surface area contributed by atoms with Gasteiger partial charge in [-0.15, -0.1) is 5.06 Å². The fourth-order valence-electron chi connectivity index (χ4n) is 1.38. The fraction of sp³-hybridized carbons (Fsp3) is 1.00. The molecule has 0 aromatic heterocycles. The number of likely N-dealkylation sites (N-methyl/N-ethyl adjacent to an activating group) is 2. The van der Waals surface area contributed by atoms with Gasteiger partial charge in [-0.25, -0.2) is 4.94 Å². The van der Waals surface area contributed by atoms with Crippen molar-refractivity contribution in [3.63, 3.8) is 0 Å². The van der Waals surface area contributed by atoms with Crippen LogP contribution in [0.25, 0.3) is 0 Å². The second kappa shape index (κ2) is 2.71.